The van der Waals surface area contributed by atoms with Gasteiger partial charge in [0, 0.05) is 18.8 Å². The molecule has 0 radical (unpaired) electrons. The Morgan fingerprint density at radius 2 is 2.16 bits per heavy atom. The molecule has 19 heavy (non-hydrogen) atoms. The first-order valence-corrected chi connectivity index (χ1v) is 5.55. The van der Waals surface area contributed by atoms with Crippen molar-refractivity contribution in [3.8, 4) is 17.0 Å². The highest BCUT2D eigenvalue weighted by atomic mass is 16.5. The third-order valence-electron chi connectivity index (χ3n) is 2.70. The molecule has 2 aromatic rings. The van der Waals surface area contributed by atoms with Crippen molar-refractivity contribution in [2.75, 3.05) is 7.11 Å². The molecule has 0 spiro atoms. The van der Waals surface area contributed by atoms with E-state index in [0.717, 1.165) is 0 Å². The number of aromatic nitrogens is 2. The summed E-state index contributed by atoms with van der Waals surface area (Å²) >= 11 is 0. The van der Waals surface area contributed by atoms with E-state index in [4.69, 9.17) is 10.5 Å². The maximum absolute atomic E-state index is 11.6. The number of carbonyl (C=O) groups excluding carboxylic acids is 1. The molecular formula is C13H13N3O3. The van der Waals surface area contributed by atoms with Gasteiger partial charge in [-0.15, -0.1) is 0 Å². The lowest BCUT2D eigenvalue weighted by atomic mass is 10.1. The Labute approximate surface area is 109 Å². The standard InChI is InChI=1S/C13H13N3O3/c1-16-7-10(12(14)17)11(15-13(16)18)8-4-3-5-9(6-8)19-2/h3-7H,1-2H3,(H2,14,17). The molecule has 0 aliphatic carbocycles. The van der Waals surface area contributed by atoms with Gasteiger partial charge in [0.15, 0.2) is 0 Å². The van der Waals surface area contributed by atoms with Crippen LogP contribution in [0.15, 0.2) is 35.3 Å². The van der Waals surface area contributed by atoms with Gasteiger partial charge < -0.3 is 15.0 Å². The number of hydrogen-bond donors (Lipinski definition) is 1. The first-order chi connectivity index (χ1) is 9.02. The number of ether oxygens (including phenoxy) is 1. The van der Waals surface area contributed by atoms with E-state index in [2.05, 4.69) is 4.98 Å². The maximum atomic E-state index is 11.6. The molecule has 0 aliphatic heterocycles. The number of methoxy groups -OCH3 is 1. The predicted molar refractivity (Wildman–Crippen MR) is 70.0 cm³/mol. The summed E-state index contributed by atoms with van der Waals surface area (Å²) in [4.78, 5) is 27.0. The van der Waals surface area contributed by atoms with Crippen LogP contribution >= 0.6 is 0 Å². The normalized spacial score (nSPS) is 10.2. The number of rotatable bonds is 3. The monoisotopic (exact) mass is 259 g/mol. The van der Waals surface area contributed by atoms with Crippen LogP contribution < -0.4 is 16.2 Å². The third kappa shape index (κ3) is 2.47. The van der Waals surface area contributed by atoms with Crippen LogP contribution in [0, 0.1) is 0 Å². The highest BCUT2D eigenvalue weighted by Crippen LogP contribution is 2.23. The number of nitrogens with two attached hydrogens (primary N) is 1. The third-order valence-corrected chi connectivity index (χ3v) is 2.70. The fourth-order valence-electron chi connectivity index (χ4n) is 1.72. The molecule has 0 aliphatic rings. The van der Waals surface area contributed by atoms with Crippen molar-refractivity contribution < 1.29 is 9.53 Å². The van der Waals surface area contributed by atoms with Gasteiger partial charge >= 0.3 is 5.69 Å². The molecule has 0 saturated carbocycles. The van der Waals surface area contributed by atoms with E-state index in [0.29, 0.717) is 11.3 Å². The fraction of sp³-hybridized carbons (Fsp3) is 0.154. The van der Waals surface area contributed by atoms with Gasteiger partial charge in [-0.05, 0) is 12.1 Å². The Morgan fingerprint density at radius 3 is 2.79 bits per heavy atom. The lowest BCUT2D eigenvalue weighted by molar-refractivity contribution is 0.1000. The van der Waals surface area contributed by atoms with Gasteiger partial charge in [-0.1, -0.05) is 12.1 Å². The van der Waals surface area contributed by atoms with Crippen molar-refractivity contribution in [1.29, 1.82) is 0 Å². The molecule has 1 aromatic heterocycles. The zero-order valence-electron chi connectivity index (χ0n) is 10.6. The Morgan fingerprint density at radius 1 is 1.42 bits per heavy atom. The fourth-order valence-corrected chi connectivity index (χ4v) is 1.72. The Hall–Kier alpha value is -2.63. The number of primary amides is 1. The van der Waals surface area contributed by atoms with Gasteiger partial charge in [0.25, 0.3) is 5.91 Å². The van der Waals surface area contributed by atoms with Gasteiger partial charge in [-0.3, -0.25) is 4.79 Å². The highest BCUT2D eigenvalue weighted by molar-refractivity contribution is 5.98. The zero-order chi connectivity index (χ0) is 14.0. The van der Waals surface area contributed by atoms with E-state index in [1.165, 1.54) is 24.9 Å². The summed E-state index contributed by atoms with van der Waals surface area (Å²) in [5, 5.41) is 0. The molecule has 0 unspecified atom stereocenters. The second-order valence-corrected chi connectivity index (χ2v) is 3.99. The van der Waals surface area contributed by atoms with Crippen molar-refractivity contribution in [2.45, 2.75) is 0 Å². The van der Waals surface area contributed by atoms with Crippen molar-refractivity contribution in [3.63, 3.8) is 0 Å². The first kappa shape index (κ1) is 12.8. The molecule has 0 saturated heterocycles. The first-order valence-electron chi connectivity index (χ1n) is 5.55. The summed E-state index contributed by atoms with van der Waals surface area (Å²) in [6.07, 6.45) is 1.38. The van der Waals surface area contributed by atoms with E-state index < -0.39 is 11.6 Å². The molecule has 2 N–H and O–H groups in total. The summed E-state index contributed by atoms with van der Waals surface area (Å²) in [6, 6.07) is 6.93. The van der Waals surface area contributed by atoms with Gasteiger partial charge in [-0.2, -0.15) is 4.98 Å². The lowest BCUT2D eigenvalue weighted by Crippen LogP contribution is -2.25. The zero-order valence-corrected chi connectivity index (χ0v) is 10.6. The SMILES string of the molecule is COc1cccc(-c2nc(=O)n(C)cc2C(N)=O)c1. The van der Waals surface area contributed by atoms with Crippen LogP contribution in [-0.4, -0.2) is 22.6 Å². The van der Waals surface area contributed by atoms with Crippen LogP contribution in [0.4, 0.5) is 0 Å². The van der Waals surface area contributed by atoms with Crippen molar-refractivity contribution >= 4 is 5.91 Å². The summed E-state index contributed by atoms with van der Waals surface area (Å²) < 4.78 is 6.32. The Bertz CT molecular complexity index is 692. The second kappa shape index (κ2) is 4.93. The quantitative estimate of drug-likeness (QED) is 0.872. The van der Waals surface area contributed by atoms with Gasteiger partial charge in [0.05, 0.1) is 18.4 Å². The topological polar surface area (TPSA) is 87.2 Å². The molecule has 1 aromatic carbocycles. The number of carbonyl (C=O) groups is 1. The van der Waals surface area contributed by atoms with E-state index in [1.54, 1.807) is 24.3 Å². The number of nitrogens with zero attached hydrogens (tertiary/aromatic N) is 2. The van der Waals surface area contributed by atoms with E-state index >= 15 is 0 Å². The largest absolute Gasteiger partial charge is 0.497 e. The van der Waals surface area contributed by atoms with Crippen LogP contribution in [0.3, 0.4) is 0 Å². The molecule has 1 amide bonds. The molecule has 1 heterocycles. The number of hydrogen-bond acceptors (Lipinski definition) is 4. The molecule has 0 atom stereocenters. The van der Waals surface area contributed by atoms with Gasteiger partial charge in [0.2, 0.25) is 0 Å². The van der Waals surface area contributed by atoms with Gasteiger partial charge in [0.1, 0.15) is 5.75 Å². The molecule has 6 nitrogen and oxygen atoms in total. The van der Waals surface area contributed by atoms with Crippen LogP contribution in [0.25, 0.3) is 11.3 Å². The molecule has 0 bridgehead atoms. The predicted octanol–water partition coefficient (Wildman–Crippen LogP) is 0.555. The minimum Gasteiger partial charge on any atom is -0.497 e. The van der Waals surface area contributed by atoms with E-state index in [9.17, 15) is 9.59 Å². The number of benzene rings is 1. The summed E-state index contributed by atoms with van der Waals surface area (Å²) in [7, 11) is 3.04. The minimum absolute atomic E-state index is 0.190. The molecule has 98 valence electrons. The van der Waals surface area contributed by atoms with Crippen LogP contribution in [-0.2, 0) is 7.05 Å². The average Bonchev–Trinajstić information content (AvgIpc) is 2.41. The lowest BCUT2D eigenvalue weighted by Gasteiger charge is -2.08. The maximum Gasteiger partial charge on any atom is 0.347 e. The highest BCUT2D eigenvalue weighted by Gasteiger charge is 2.14. The van der Waals surface area contributed by atoms with Crippen LogP contribution in [0.2, 0.25) is 0 Å². The Kier molecular flexibility index (Phi) is 3.33. The van der Waals surface area contributed by atoms with Crippen molar-refractivity contribution in [3.05, 3.63) is 46.5 Å². The van der Waals surface area contributed by atoms with E-state index in [1.807, 2.05) is 0 Å². The minimum atomic E-state index is -0.638. The number of amides is 1. The molecular weight excluding hydrogens is 246 g/mol. The molecule has 0 fully saturated rings. The molecule has 2 rings (SSSR count). The van der Waals surface area contributed by atoms with Crippen LogP contribution in [0.5, 0.6) is 5.75 Å². The van der Waals surface area contributed by atoms with Crippen LogP contribution in [0.1, 0.15) is 10.4 Å². The van der Waals surface area contributed by atoms with Crippen molar-refractivity contribution in [1.82, 2.24) is 9.55 Å². The van der Waals surface area contributed by atoms with Gasteiger partial charge in [-0.25, -0.2) is 4.79 Å². The Balaban J connectivity index is 2.69. The summed E-state index contributed by atoms with van der Waals surface area (Å²) in [5.41, 5.74) is 5.91. The number of aryl methyl sites for hydroxylation is 1. The van der Waals surface area contributed by atoms with Crippen molar-refractivity contribution in [2.24, 2.45) is 12.8 Å². The average molecular weight is 259 g/mol. The smallest absolute Gasteiger partial charge is 0.347 e. The summed E-state index contributed by atoms with van der Waals surface area (Å²) in [5.74, 6) is -0.0312. The molecule has 6 heteroatoms. The second-order valence-electron chi connectivity index (χ2n) is 3.99. The summed E-state index contributed by atoms with van der Waals surface area (Å²) in [6.45, 7) is 0. The van der Waals surface area contributed by atoms with E-state index in [-0.39, 0.29) is 11.3 Å².